The molecule has 0 saturated carbocycles. The Morgan fingerprint density at radius 1 is 0.462 bits per heavy atom. The van der Waals surface area contributed by atoms with Gasteiger partial charge in [-0.1, -0.05) is 251 Å². The summed E-state index contributed by atoms with van der Waals surface area (Å²) in [5.74, 6) is -0.329. The molecule has 0 bridgehead atoms. The molecule has 0 fully saturated rings. The fraction of sp³-hybridized carbons (Fsp3) is 0.946. The molecule has 0 N–H and O–H groups in total. The molecule has 388 valence electrons. The molecule has 2 atom stereocenters. The number of quaternary nitrogens is 1. The van der Waals surface area contributed by atoms with E-state index in [0.29, 0.717) is 24.1 Å². The van der Waals surface area contributed by atoms with Crippen molar-refractivity contribution in [1.82, 2.24) is 0 Å². The van der Waals surface area contributed by atoms with Crippen LogP contribution < -0.4 is 4.89 Å². The minimum atomic E-state index is -4.53. The second-order valence-electron chi connectivity index (χ2n) is 20.7. The largest absolute Gasteiger partial charge is 0.756 e. The molecule has 0 amide bonds. The van der Waals surface area contributed by atoms with E-state index in [4.69, 9.17) is 18.5 Å². The minimum Gasteiger partial charge on any atom is -0.756 e. The molecule has 2 unspecified atom stereocenters. The molecule has 0 aliphatic rings. The Bertz CT molecular complexity index is 1050. The highest BCUT2D eigenvalue weighted by molar-refractivity contribution is 7.45. The number of allylic oxidation sites excluding steroid dienone is 2. The van der Waals surface area contributed by atoms with Crippen LogP contribution in [0, 0.1) is 0 Å². The number of hydrogen-bond donors (Lipinski definition) is 0. The fourth-order valence-electron chi connectivity index (χ4n) is 8.43. The highest BCUT2D eigenvalue weighted by Crippen LogP contribution is 2.38. The van der Waals surface area contributed by atoms with Crippen LogP contribution in [0.2, 0.25) is 0 Å². The number of esters is 1. The topological polar surface area (TPSA) is 94.1 Å². The lowest BCUT2D eigenvalue weighted by atomic mass is 10.0. The average molecular weight is 942 g/mol. The van der Waals surface area contributed by atoms with Gasteiger partial charge in [0.1, 0.15) is 19.3 Å². The third-order valence-corrected chi connectivity index (χ3v) is 13.8. The molecule has 0 aliphatic carbocycles. The number of unbranched alkanes of at least 4 members (excludes halogenated alkanes) is 38. The third-order valence-electron chi connectivity index (χ3n) is 12.8. The maximum Gasteiger partial charge on any atom is 0.306 e. The van der Waals surface area contributed by atoms with Gasteiger partial charge < -0.3 is 27.9 Å². The molecular weight excluding hydrogens is 830 g/mol. The van der Waals surface area contributed by atoms with E-state index >= 15 is 0 Å². The van der Waals surface area contributed by atoms with Crippen molar-refractivity contribution in [3.05, 3.63) is 12.2 Å². The first kappa shape index (κ1) is 64.2. The Balaban J connectivity index is 4.04. The van der Waals surface area contributed by atoms with Crippen LogP contribution in [0.25, 0.3) is 0 Å². The smallest absolute Gasteiger partial charge is 0.306 e. The number of likely N-dealkylation sites (N-methyl/N-ethyl adjacent to an activating group) is 1. The van der Waals surface area contributed by atoms with Crippen molar-refractivity contribution >= 4 is 13.8 Å². The van der Waals surface area contributed by atoms with Gasteiger partial charge in [0, 0.05) is 13.0 Å². The molecule has 0 spiro atoms. The Morgan fingerprint density at radius 2 is 0.800 bits per heavy atom. The van der Waals surface area contributed by atoms with Gasteiger partial charge in [-0.15, -0.1) is 0 Å². The number of phosphoric acid groups is 1. The summed E-state index contributed by atoms with van der Waals surface area (Å²) in [6.07, 6.45) is 58.2. The van der Waals surface area contributed by atoms with Gasteiger partial charge >= 0.3 is 5.97 Å². The second-order valence-corrected chi connectivity index (χ2v) is 22.1. The van der Waals surface area contributed by atoms with Crippen molar-refractivity contribution in [2.75, 3.05) is 54.1 Å². The summed E-state index contributed by atoms with van der Waals surface area (Å²) in [5.41, 5.74) is 0. The van der Waals surface area contributed by atoms with E-state index in [1.165, 1.54) is 231 Å². The molecule has 0 aliphatic heterocycles. The van der Waals surface area contributed by atoms with Crippen LogP contribution in [0.1, 0.15) is 284 Å². The first-order valence-electron chi connectivity index (χ1n) is 28.4. The van der Waals surface area contributed by atoms with Crippen molar-refractivity contribution < 1.29 is 37.3 Å². The van der Waals surface area contributed by atoms with Crippen molar-refractivity contribution in [3.63, 3.8) is 0 Å². The predicted octanol–water partition coefficient (Wildman–Crippen LogP) is 17.1. The summed E-state index contributed by atoms with van der Waals surface area (Å²) >= 11 is 0. The number of carbonyl (C=O) groups excluding carboxylic acids is 1. The summed E-state index contributed by atoms with van der Waals surface area (Å²) in [6, 6.07) is 0. The molecule has 0 rings (SSSR count). The van der Waals surface area contributed by atoms with Gasteiger partial charge in [-0.25, -0.2) is 0 Å². The van der Waals surface area contributed by atoms with Gasteiger partial charge in [0.05, 0.1) is 34.4 Å². The number of phosphoric ester groups is 1. The lowest BCUT2D eigenvalue weighted by molar-refractivity contribution is -0.870. The van der Waals surface area contributed by atoms with E-state index in [1.807, 2.05) is 21.1 Å². The van der Waals surface area contributed by atoms with Crippen LogP contribution in [0.4, 0.5) is 0 Å². The molecule has 0 radical (unpaired) electrons. The van der Waals surface area contributed by atoms with Gasteiger partial charge in [0.2, 0.25) is 0 Å². The maximum atomic E-state index is 12.8. The summed E-state index contributed by atoms with van der Waals surface area (Å²) in [5, 5.41) is 0. The number of carbonyl (C=O) groups is 1. The summed E-state index contributed by atoms with van der Waals surface area (Å²) in [6.45, 7) is 5.49. The monoisotopic (exact) mass is 942 g/mol. The number of nitrogens with zero attached hydrogens (tertiary/aromatic N) is 1. The third kappa shape index (κ3) is 54.1. The molecular formula is C56H112NO7P. The van der Waals surface area contributed by atoms with E-state index < -0.39 is 13.9 Å². The quantitative estimate of drug-likeness (QED) is 0.0197. The first-order chi connectivity index (χ1) is 31.6. The van der Waals surface area contributed by atoms with Crippen LogP contribution >= 0.6 is 7.82 Å². The van der Waals surface area contributed by atoms with Crippen LogP contribution in [0.15, 0.2) is 12.2 Å². The van der Waals surface area contributed by atoms with Gasteiger partial charge in [0.15, 0.2) is 0 Å². The van der Waals surface area contributed by atoms with E-state index in [0.717, 1.165) is 32.1 Å². The van der Waals surface area contributed by atoms with Crippen molar-refractivity contribution in [1.29, 1.82) is 0 Å². The molecule has 0 saturated heterocycles. The molecule has 0 aromatic carbocycles. The van der Waals surface area contributed by atoms with Gasteiger partial charge in [0.25, 0.3) is 7.82 Å². The highest BCUT2D eigenvalue weighted by atomic mass is 31.2. The molecule has 0 aromatic heterocycles. The van der Waals surface area contributed by atoms with Gasteiger partial charge in [-0.3, -0.25) is 9.36 Å². The van der Waals surface area contributed by atoms with Crippen LogP contribution in [-0.2, 0) is 27.9 Å². The Hall–Kier alpha value is -0.760. The fourth-order valence-corrected chi connectivity index (χ4v) is 9.16. The second kappa shape index (κ2) is 49.7. The van der Waals surface area contributed by atoms with Crippen LogP contribution in [0.3, 0.4) is 0 Å². The van der Waals surface area contributed by atoms with Gasteiger partial charge in [-0.05, 0) is 38.5 Å². The zero-order valence-electron chi connectivity index (χ0n) is 44.2. The summed E-state index contributed by atoms with van der Waals surface area (Å²) < 4.78 is 34.9. The van der Waals surface area contributed by atoms with Crippen LogP contribution in [-0.4, -0.2) is 70.7 Å². The minimum absolute atomic E-state index is 0.0296. The normalized spacial score (nSPS) is 13.5. The molecule has 65 heavy (non-hydrogen) atoms. The highest BCUT2D eigenvalue weighted by Gasteiger charge is 2.20. The maximum absolute atomic E-state index is 12.8. The zero-order valence-corrected chi connectivity index (χ0v) is 45.1. The molecule has 9 heteroatoms. The zero-order chi connectivity index (χ0) is 47.6. The average Bonchev–Trinajstić information content (AvgIpc) is 3.27. The molecule has 8 nitrogen and oxygen atoms in total. The molecule has 0 heterocycles. The van der Waals surface area contributed by atoms with Gasteiger partial charge in [-0.2, -0.15) is 0 Å². The van der Waals surface area contributed by atoms with E-state index in [-0.39, 0.29) is 25.8 Å². The van der Waals surface area contributed by atoms with E-state index in [2.05, 4.69) is 26.0 Å². The number of rotatable bonds is 54. The Morgan fingerprint density at radius 3 is 1.17 bits per heavy atom. The van der Waals surface area contributed by atoms with Crippen molar-refractivity contribution in [2.45, 2.75) is 290 Å². The summed E-state index contributed by atoms with van der Waals surface area (Å²) in [7, 11) is 1.37. The van der Waals surface area contributed by atoms with E-state index in [1.54, 1.807) is 0 Å². The first-order valence-corrected chi connectivity index (χ1v) is 29.9. The molecule has 0 aromatic rings. The Labute approximate surface area is 405 Å². The van der Waals surface area contributed by atoms with E-state index in [9.17, 15) is 14.3 Å². The van der Waals surface area contributed by atoms with Crippen molar-refractivity contribution in [2.24, 2.45) is 0 Å². The van der Waals surface area contributed by atoms with Crippen molar-refractivity contribution in [3.8, 4) is 0 Å². The SMILES string of the molecule is CCCCCCCCCC/C=C\CCCCCCCCCCCC(=O)OC(COCCCCCCCCCCCCCCCCCCCCCCCC)COP(=O)([O-])OCC[N+](C)(C)C. The summed E-state index contributed by atoms with van der Waals surface area (Å²) in [4.78, 5) is 25.2. The lowest BCUT2D eigenvalue weighted by Gasteiger charge is -2.28. The Kier molecular flexibility index (Phi) is 49.1. The standard InChI is InChI=1S/C56H112NO7P/c1-6-8-10-12-14-16-18-20-22-24-26-28-30-32-34-36-38-40-42-44-46-48-51-61-53-55(54-63-65(59,60)62-52-50-57(3,4)5)64-56(58)49-47-45-43-41-39-37-35-33-31-29-27-25-23-21-19-17-15-13-11-9-7-2/h25,27,55H,6-24,26,28-54H2,1-5H3/b27-25-. The lowest BCUT2D eigenvalue weighted by Crippen LogP contribution is -2.37. The number of hydrogen-bond acceptors (Lipinski definition) is 7. The predicted molar refractivity (Wildman–Crippen MR) is 278 cm³/mol. The number of ether oxygens (including phenoxy) is 2. The van der Waals surface area contributed by atoms with Crippen LogP contribution in [0.5, 0.6) is 0 Å².